The van der Waals surface area contributed by atoms with Crippen LogP contribution in [0.25, 0.3) is 0 Å². The van der Waals surface area contributed by atoms with Crippen LogP contribution in [0.1, 0.15) is 25.3 Å². The largest absolute Gasteiger partial charge is 0.467 e. The standard InChI is InChI=1S/C15H21N3O/c1-3-16-11-13-10-14(7-8-17-13)18(4-2)12-15-6-5-9-19-15/h5-10,16H,3-4,11-12H2,1-2H3. The molecule has 0 aliphatic heterocycles. The van der Waals surface area contributed by atoms with Crippen LogP contribution in [0.3, 0.4) is 0 Å². The molecule has 4 heteroatoms. The average Bonchev–Trinajstić information content (AvgIpc) is 2.96. The van der Waals surface area contributed by atoms with Gasteiger partial charge in [0.1, 0.15) is 5.76 Å². The molecule has 0 fully saturated rings. The van der Waals surface area contributed by atoms with Crippen molar-refractivity contribution in [1.29, 1.82) is 0 Å². The van der Waals surface area contributed by atoms with Gasteiger partial charge in [0.2, 0.25) is 0 Å². The zero-order chi connectivity index (χ0) is 13.5. The Hall–Kier alpha value is -1.81. The molecule has 2 heterocycles. The Morgan fingerprint density at radius 2 is 2.21 bits per heavy atom. The molecule has 102 valence electrons. The lowest BCUT2D eigenvalue weighted by Crippen LogP contribution is -2.22. The van der Waals surface area contributed by atoms with Crippen LogP contribution in [0.4, 0.5) is 5.69 Å². The molecule has 0 amide bonds. The van der Waals surface area contributed by atoms with E-state index < -0.39 is 0 Å². The first-order valence-electron chi connectivity index (χ1n) is 6.76. The van der Waals surface area contributed by atoms with E-state index in [0.29, 0.717) is 0 Å². The molecule has 0 radical (unpaired) electrons. The number of hydrogen-bond donors (Lipinski definition) is 1. The lowest BCUT2D eigenvalue weighted by Gasteiger charge is -2.22. The number of furan rings is 1. The minimum Gasteiger partial charge on any atom is -0.467 e. The highest BCUT2D eigenvalue weighted by Gasteiger charge is 2.08. The van der Waals surface area contributed by atoms with Gasteiger partial charge in [-0.1, -0.05) is 6.92 Å². The van der Waals surface area contributed by atoms with Crippen molar-refractivity contribution >= 4 is 5.69 Å². The fourth-order valence-electron chi connectivity index (χ4n) is 1.99. The van der Waals surface area contributed by atoms with Gasteiger partial charge in [-0.3, -0.25) is 4.98 Å². The molecule has 2 aromatic heterocycles. The first-order chi connectivity index (χ1) is 9.33. The van der Waals surface area contributed by atoms with E-state index in [1.165, 1.54) is 5.69 Å². The molecular formula is C15H21N3O. The molecule has 4 nitrogen and oxygen atoms in total. The van der Waals surface area contributed by atoms with Gasteiger partial charge in [0.05, 0.1) is 18.5 Å². The van der Waals surface area contributed by atoms with E-state index in [4.69, 9.17) is 4.42 Å². The number of nitrogens with one attached hydrogen (secondary N) is 1. The first-order valence-corrected chi connectivity index (χ1v) is 6.76. The Labute approximate surface area is 114 Å². The molecule has 0 aromatic carbocycles. The Morgan fingerprint density at radius 3 is 2.89 bits per heavy atom. The summed E-state index contributed by atoms with van der Waals surface area (Å²) in [4.78, 5) is 6.65. The molecule has 0 unspecified atom stereocenters. The molecule has 2 rings (SSSR count). The molecule has 0 saturated carbocycles. The average molecular weight is 259 g/mol. The number of hydrogen-bond acceptors (Lipinski definition) is 4. The van der Waals surface area contributed by atoms with Crippen molar-refractivity contribution in [2.24, 2.45) is 0 Å². The van der Waals surface area contributed by atoms with Crippen molar-refractivity contribution in [3.8, 4) is 0 Å². The fraction of sp³-hybridized carbons (Fsp3) is 0.400. The van der Waals surface area contributed by atoms with E-state index in [9.17, 15) is 0 Å². The Morgan fingerprint density at radius 1 is 1.32 bits per heavy atom. The van der Waals surface area contributed by atoms with Gasteiger partial charge in [0.25, 0.3) is 0 Å². The number of pyridine rings is 1. The van der Waals surface area contributed by atoms with Gasteiger partial charge in [0, 0.05) is 25.0 Å². The normalized spacial score (nSPS) is 10.6. The van der Waals surface area contributed by atoms with Gasteiger partial charge in [-0.2, -0.15) is 0 Å². The van der Waals surface area contributed by atoms with Crippen LogP contribution in [-0.4, -0.2) is 18.1 Å². The van der Waals surface area contributed by atoms with E-state index >= 15 is 0 Å². The topological polar surface area (TPSA) is 41.3 Å². The van der Waals surface area contributed by atoms with Crippen LogP contribution in [0.2, 0.25) is 0 Å². The Bertz CT molecular complexity index is 482. The summed E-state index contributed by atoms with van der Waals surface area (Å²) < 4.78 is 5.41. The van der Waals surface area contributed by atoms with Crippen LogP contribution in [0, 0.1) is 0 Å². The lowest BCUT2D eigenvalue weighted by atomic mass is 10.2. The molecule has 0 saturated heterocycles. The second-order valence-corrected chi connectivity index (χ2v) is 4.38. The highest BCUT2D eigenvalue weighted by atomic mass is 16.3. The second kappa shape index (κ2) is 6.95. The second-order valence-electron chi connectivity index (χ2n) is 4.38. The number of anilines is 1. The van der Waals surface area contributed by atoms with Gasteiger partial charge >= 0.3 is 0 Å². The van der Waals surface area contributed by atoms with Crippen molar-refractivity contribution in [2.75, 3.05) is 18.0 Å². The maximum Gasteiger partial charge on any atom is 0.123 e. The highest BCUT2D eigenvalue weighted by Crippen LogP contribution is 2.17. The van der Waals surface area contributed by atoms with E-state index in [1.807, 2.05) is 24.4 Å². The van der Waals surface area contributed by atoms with Crippen LogP contribution in [0.5, 0.6) is 0 Å². The Kier molecular flexibility index (Phi) is 4.98. The quantitative estimate of drug-likeness (QED) is 0.830. The smallest absolute Gasteiger partial charge is 0.123 e. The summed E-state index contributed by atoms with van der Waals surface area (Å²) in [5.74, 6) is 0.979. The SMILES string of the molecule is CCNCc1cc(N(CC)Cc2ccco2)ccn1. The van der Waals surface area contributed by atoms with Crippen molar-refractivity contribution in [2.45, 2.75) is 26.9 Å². The zero-order valence-electron chi connectivity index (χ0n) is 11.6. The fourth-order valence-corrected chi connectivity index (χ4v) is 1.99. The van der Waals surface area contributed by atoms with Gasteiger partial charge < -0.3 is 14.6 Å². The van der Waals surface area contributed by atoms with Crippen LogP contribution < -0.4 is 10.2 Å². The lowest BCUT2D eigenvalue weighted by molar-refractivity contribution is 0.503. The molecule has 19 heavy (non-hydrogen) atoms. The molecule has 0 atom stereocenters. The van der Waals surface area contributed by atoms with Gasteiger partial charge in [-0.15, -0.1) is 0 Å². The molecule has 1 N–H and O–H groups in total. The summed E-state index contributed by atoms with van der Waals surface area (Å²) in [5, 5.41) is 3.29. The maximum absolute atomic E-state index is 5.41. The molecule has 2 aromatic rings. The predicted molar refractivity (Wildman–Crippen MR) is 77.0 cm³/mol. The van der Waals surface area contributed by atoms with Crippen LogP contribution >= 0.6 is 0 Å². The van der Waals surface area contributed by atoms with Crippen LogP contribution in [-0.2, 0) is 13.1 Å². The van der Waals surface area contributed by atoms with E-state index in [-0.39, 0.29) is 0 Å². The molecule has 0 spiro atoms. The Balaban J connectivity index is 2.09. The summed E-state index contributed by atoms with van der Waals surface area (Å²) in [6.07, 6.45) is 3.58. The number of aromatic nitrogens is 1. The third-order valence-electron chi connectivity index (χ3n) is 3.03. The third-order valence-corrected chi connectivity index (χ3v) is 3.03. The van der Waals surface area contributed by atoms with Gasteiger partial charge in [0.15, 0.2) is 0 Å². The minimum atomic E-state index is 0.786. The minimum absolute atomic E-state index is 0.786. The summed E-state index contributed by atoms with van der Waals surface area (Å²) >= 11 is 0. The number of nitrogens with zero attached hydrogens (tertiary/aromatic N) is 2. The van der Waals surface area contributed by atoms with E-state index in [1.54, 1.807) is 6.26 Å². The van der Waals surface area contributed by atoms with Gasteiger partial charge in [-0.25, -0.2) is 0 Å². The third kappa shape index (κ3) is 3.83. The summed E-state index contributed by atoms with van der Waals surface area (Å²) in [6, 6.07) is 8.10. The summed E-state index contributed by atoms with van der Waals surface area (Å²) in [5.41, 5.74) is 2.25. The molecular weight excluding hydrogens is 238 g/mol. The number of rotatable bonds is 7. The molecule has 0 aliphatic carbocycles. The molecule has 0 aliphatic rings. The van der Waals surface area contributed by atoms with E-state index in [0.717, 1.165) is 37.6 Å². The van der Waals surface area contributed by atoms with Crippen molar-refractivity contribution < 1.29 is 4.42 Å². The summed E-state index contributed by atoms with van der Waals surface area (Å²) in [7, 11) is 0. The van der Waals surface area contributed by atoms with Crippen LogP contribution in [0.15, 0.2) is 41.1 Å². The zero-order valence-corrected chi connectivity index (χ0v) is 11.6. The maximum atomic E-state index is 5.41. The highest BCUT2D eigenvalue weighted by molar-refractivity contribution is 5.46. The molecule has 0 bridgehead atoms. The van der Waals surface area contributed by atoms with Crippen molar-refractivity contribution in [1.82, 2.24) is 10.3 Å². The van der Waals surface area contributed by atoms with Gasteiger partial charge in [-0.05, 0) is 37.7 Å². The van der Waals surface area contributed by atoms with Crippen molar-refractivity contribution in [3.63, 3.8) is 0 Å². The van der Waals surface area contributed by atoms with E-state index in [2.05, 4.69) is 35.1 Å². The first kappa shape index (κ1) is 13.6. The summed E-state index contributed by atoms with van der Waals surface area (Å²) in [6.45, 7) is 7.73. The monoisotopic (exact) mass is 259 g/mol. The van der Waals surface area contributed by atoms with Crippen molar-refractivity contribution in [3.05, 3.63) is 48.2 Å². The predicted octanol–water partition coefficient (Wildman–Crippen LogP) is 2.81.